The minimum absolute atomic E-state index is 0.0970. The average molecular weight is 185 g/mol. The van der Waals surface area contributed by atoms with Crippen molar-refractivity contribution in [3.8, 4) is 0 Å². The summed E-state index contributed by atoms with van der Waals surface area (Å²) in [5, 5.41) is 0. The molecule has 0 unspecified atom stereocenters. The molecule has 0 heterocycles. The quantitative estimate of drug-likeness (QED) is 0.660. The Kier molecular flexibility index (Phi) is 3.72. The van der Waals surface area contributed by atoms with Gasteiger partial charge < -0.3 is 10.5 Å². The number of hydrogen-bond acceptors (Lipinski definition) is 3. The molecule has 0 spiro atoms. The number of esters is 1. The monoisotopic (exact) mass is 185 g/mol. The Hall–Kier alpha value is -0.570. The van der Waals surface area contributed by atoms with Crippen molar-refractivity contribution in [3.05, 3.63) is 0 Å². The van der Waals surface area contributed by atoms with E-state index in [-0.39, 0.29) is 12.1 Å². The van der Waals surface area contributed by atoms with Gasteiger partial charge in [0.05, 0.1) is 0 Å². The second-order valence-electron chi connectivity index (χ2n) is 3.93. The van der Waals surface area contributed by atoms with Crippen LogP contribution < -0.4 is 5.73 Å². The summed E-state index contributed by atoms with van der Waals surface area (Å²) in [6.07, 6.45) is 3.40. The molecule has 0 radical (unpaired) electrons. The first-order valence-corrected chi connectivity index (χ1v) is 5.02. The lowest BCUT2D eigenvalue weighted by atomic mass is 9.78. The van der Waals surface area contributed by atoms with E-state index in [9.17, 15) is 4.79 Å². The molecule has 0 aliphatic heterocycles. The maximum absolute atomic E-state index is 10.8. The Labute approximate surface area is 79.6 Å². The van der Waals surface area contributed by atoms with Gasteiger partial charge >= 0.3 is 5.97 Å². The smallest absolute Gasteiger partial charge is 0.302 e. The molecule has 1 fully saturated rings. The molecule has 1 saturated carbocycles. The van der Waals surface area contributed by atoms with Gasteiger partial charge in [-0.25, -0.2) is 0 Å². The van der Waals surface area contributed by atoms with Crippen LogP contribution in [-0.2, 0) is 9.53 Å². The molecule has 0 amide bonds. The Morgan fingerprint density at radius 1 is 1.54 bits per heavy atom. The molecule has 3 atom stereocenters. The highest BCUT2D eigenvalue weighted by atomic mass is 16.5. The predicted molar refractivity (Wildman–Crippen MR) is 51.1 cm³/mol. The lowest BCUT2D eigenvalue weighted by Gasteiger charge is -2.34. The van der Waals surface area contributed by atoms with Gasteiger partial charge in [0.1, 0.15) is 6.10 Å². The van der Waals surface area contributed by atoms with Crippen LogP contribution in [0.4, 0.5) is 0 Å². The van der Waals surface area contributed by atoms with Gasteiger partial charge in [0.25, 0.3) is 0 Å². The van der Waals surface area contributed by atoms with Crippen LogP contribution in [0.5, 0.6) is 0 Å². The lowest BCUT2D eigenvalue weighted by Crippen LogP contribution is -2.37. The summed E-state index contributed by atoms with van der Waals surface area (Å²) >= 11 is 0. The number of rotatable bonds is 2. The summed E-state index contributed by atoms with van der Waals surface area (Å²) in [6, 6.07) is 0. The number of hydrogen-bond donors (Lipinski definition) is 1. The van der Waals surface area contributed by atoms with Gasteiger partial charge in [0, 0.05) is 6.92 Å². The molecule has 1 aliphatic carbocycles. The van der Waals surface area contributed by atoms with E-state index < -0.39 is 0 Å². The first-order chi connectivity index (χ1) is 6.15. The number of carbonyl (C=O) groups excluding carboxylic acids is 1. The van der Waals surface area contributed by atoms with Crippen molar-refractivity contribution >= 4 is 5.97 Å². The molecule has 13 heavy (non-hydrogen) atoms. The molecular weight excluding hydrogens is 166 g/mol. The average Bonchev–Trinajstić information content (AvgIpc) is 2.08. The van der Waals surface area contributed by atoms with Gasteiger partial charge in [-0.05, 0) is 37.6 Å². The van der Waals surface area contributed by atoms with Crippen LogP contribution in [0.2, 0.25) is 0 Å². The van der Waals surface area contributed by atoms with Crippen LogP contribution in [0.1, 0.15) is 33.1 Å². The SMILES string of the molecule is CC(=O)O[C@H]1CCC[C@@H](CN)[C@@H]1C. The molecule has 0 aromatic carbocycles. The van der Waals surface area contributed by atoms with Crippen LogP contribution in [0.3, 0.4) is 0 Å². The Bertz CT molecular complexity index is 182. The van der Waals surface area contributed by atoms with E-state index in [2.05, 4.69) is 6.92 Å². The summed E-state index contributed by atoms with van der Waals surface area (Å²) in [5.41, 5.74) is 5.65. The number of carbonyl (C=O) groups is 1. The minimum Gasteiger partial charge on any atom is -0.462 e. The third-order valence-electron chi connectivity index (χ3n) is 3.01. The zero-order chi connectivity index (χ0) is 9.84. The third-order valence-corrected chi connectivity index (χ3v) is 3.01. The molecular formula is C10H19NO2. The predicted octanol–water partition coefficient (Wildman–Crippen LogP) is 1.31. The fraction of sp³-hybridized carbons (Fsp3) is 0.900. The Balaban J connectivity index is 2.49. The van der Waals surface area contributed by atoms with E-state index in [1.54, 1.807) is 0 Å². The largest absolute Gasteiger partial charge is 0.462 e. The zero-order valence-electron chi connectivity index (χ0n) is 8.45. The van der Waals surface area contributed by atoms with Crippen molar-refractivity contribution in [2.24, 2.45) is 17.6 Å². The van der Waals surface area contributed by atoms with E-state index in [0.717, 1.165) is 12.8 Å². The first kappa shape index (κ1) is 10.5. The van der Waals surface area contributed by atoms with Gasteiger partial charge in [-0.1, -0.05) is 6.92 Å². The molecule has 0 aromatic heterocycles. The highest BCUT2D eigenvalue weighted by molar-refractivity contribution is 5.66. The molecule has 1 rings (SSSR count). The second kappa shape index (κ2) is 4.61. The van der Waals surface area contributed by atoms with Crippen molar-refractivity contribution in [1.29, 1.82) is 0 Å². The summed E-state index contributed by atoms with van der Waals surface area (Å²) < 4.78 is 5.24. The highest BCUT2D eigenvalue weighted by Gasteiger charge is 2.30. The summed E-state index contributed by atoms with van der Waals surface area (Å²) in [5.74, 6) is 0.773. The van der Waals surface area contributed by atoms with Crippen LogP contribution in [0, 0.1) is 11.8 Å². The highest BCUT2D eigenvalue weighted by Crippen LogP contribution is 2.31. The summed E-state index contributed by atoms with van der Waals surface area (Å²) in [6.45, 7) is 4.31. The molecule has 0 bridgehead atoms. The molecule has 3 heteroatoms. The van der Waals surface area contributed by atoms with E-state index in [4.69, 9.17) is 10.5 Å². The standard InChI is InChI=1S/C10H19NO2/c1-7-9(6-11)4-3-5-10(7)13-8(2)12/h7,9-10H,3-6,11H2,1-2H3/t7-,9-,10-/m0/s1. The summed E-state index contributed by atoms with van der Waals surface area (Å²) in [7, 11) is 0. The maximum Gasteiger partial charge on any atom is 0.302 e. The fourth-order valence-corrected chi connectivity index (χ4v) is 2.12. The van der Waals surface area contributed by atoms with Crippen molar-refractivity contribution in [3.63, 3.8) is 0 Å². The van der Waals surface area contributed by atoms with Gasteiger partial charge in [-0.15, -0.1) is 0 Å². The van der Waals surface area contributed by atoms with Crippen molar-refractivity contribution in [2.45, 2.75) is 39.2 Å². The lowest BCUT2D eigenvalue weighted by molar-refractivity contribution is -0.151. The van der Waals surface area contributed by atoms with E-state index in [0.29, 0.717) is 18.4 Å². The van der Waals surface area contributed by atoms with Crippen molar-refractivity contribution < 1.29 is 9.53 Å². The van der Waals surface area contributed by atoms with Crippen LogP contribution in [-0.4, -0.2) is 18.6 Å². The van der Waals surface area contributed by atoms with Crippen LogP contribution in [0.15, 0.2) is 0 Å². The molecule has 3 nitrogen and oxygen atoms in total. The molecule has 2 N–H and O–H groups in total. The molecule has 76 valence electrons. The van der Waals surface area contributed by atoms with Gasteiger partial charge in [0.15, 0.2) is 0 Å². The topological polar surface area (TPSA) is 52.3 Å². The van der Waals surface area contributed by atoms with Gasteiger partial charge in [0.2, 0.25) is 0 Å². The summed E-state index contributed by atoms with van der Waals surface area (Å²) in [4.78, 5) is 10.8. The molecule has 1 aliphatic rings. The van der Waals surface area contributed by atoms with E-state index >= 15 is 0 Å². The van der Waals surface area contributed by atoms with Gasteiger partial charge in [-0.2, -0.15) is 0 Å². The van der Waals surface area contributed by atoms with E-state index in [1.807, 2.05) is 0 Å². The van der Waals surface area contributed by atoms with Crippen molar-refractivity contribution in [1.82, 2.24) is 0 Å². The molecule has 0 saturated heterocycles. The number of nitrogens with two attached hydrogens (primary N) is 1. The fourth-order valence-electron chi connectivity index (χ4n) is 2.12. The molecule has 0 aromatic rings. The normalized spacial score (nSPS) is 34.2. The maximum atomic E-state index is 10.8. The van der Waals surface area contributed by atoms with Crippen LogP contribution in [0.25, 0.3) is 0 Å². The second-order valence-corrected chi connectivity index (χ2v) is 3.93. The van der Waals surface area contributed by atoms with Crippen molar-refractivity contribution in [2.75, 3.05) is 6.54 Å². The van der Waals surface area contributed by atoms with E-state index in [1.165, 1.54) is 13.3 Å². The zero-order valence-corrected chi connectivity index (χ0v) is 8.45. The number of ether oxygens (including phenoxy) is 1. The Morgan fingerprint density at radius 2 is 2.23 bits per heavy atom. The first-order valence-electron chi connectivity index (χ1n) is 5.02. The van der Waals surface area contributed by atoms with Gasteiger partial charge in [-0.3, -0.25) is 4.79 Å². The third kappa shape index (κ3) is 2.69. The minimum atomic E-state index is -0.172. The van der Waals surface area contributed by atoms with Crippen LogP contribution >= 0.6 is 0 Å². The Morgan fingerprint density at radius 3 is 2.77 bits per heavy atom.